The van der Waals surface area contributed by atoms with Crippen LogP contribution >= 0.6 is 0 Å². The molecule has 1 heterocycles. The average molecular weight is 286 g/mol. The number of aromatic nitrogens is 2. The highest BCUT2D eigenvalue weighted by Gasteiger charge is 2.24. The van der Waals surface area contributed by atoms with Gasteiger partial charge in [0.1, 0.15) is 0 Å². The van der Waals surface area contributed by atoms with Crippen LogP contribution in [0.2, 0.25) is 0 Å². The van der Waals surface area contributed by atoms with E-state index in [-0.39, 0.29) is 17.6 Å². The number of hydrogen-bond donors (Lipinski definition) is 1. The predicted octanol–water partition coefficient (Wildman–Crippen LogP) is 2.32. The van der Waals surface area contributed by atoms with Crippen molar-refractivity contribution in [1.29, 1.82) is 0 Å². The molecule has 2 N–H and O–H groups in total. The molecule has 108 valence electrons. The molecule has 7 heteroatoms. The van der Waals surface area contributed by atoms with Crippen LogP contribution in [-0.2, 0) is 0 Å². The first kappa shape index (κ1) is 13.4. The van der Waals surface area contributed by atoms with Crippen LogP contribution in [0.5, 0.6) is 0 Å². The van der Waals surface area contributed by atoms with Gasteiger partial charge in [-0.2, -0.15) is 4.98 Å². The molecule has 2 atom stereocenters. The van der Waals surface area contributed by atoms with Crippen molar-refractivity contribution in [1.82, 2.24) is 10.1 Å². The molecule has 0 saturated heterocycles. The summed E-state index contributed by atoms with van der Waals surface area (Å²) in [6.45, 7) is 1.85. The number of nitro benzene ring substituents is 1. The minimum atomic E-state index is -0.442. The van der Waals surface area contributed by atoms with Gasteiger partial charge in [-0.25, -0.2) is 0 Å². The molecule has 7 nitrogen and oxygen atoms in total. The fraction of sp³-hybridized carbons (Fsp3) is 0.286. The van der Waals surface area contributed by atoms with E-state index in [0.717, 1.165) is 12.0 Å². The van der Waals surface area contributed by atoms with Crippen molar-refractivity contribution in [3.05, 3.63) is 51.9 Å². The van der Waals surface area contributed by atoms with E-state index in [1.807, 2.05) is 19.1 Å². The van der Waals surface area contributed by atoms with Gasteiger partial charge in [-0.15, -0.1) is 0 Å². The van der Waals surface area contributed by atoms with Crippen LogP contribution in [0.4, 0.5) is 5.69 Å². The van der Waals surface area contributed by atoms with Gasteiger partial charge in [0, 0.05) is 23.7 Å². The third-order valence-electron chi connectivity index (χ3n) is 3.55. The summed E-state index contributed by atoms with van der Waals surface area (Å²) in [6, 6.07) is 4.60. The minimum Gasteiger partial charge on any atom is -0.338 e. The van der Waals surface area contributed by atoms with Crippen molar-refractivity contribution >= 4 is 5.69 Å². The van der Waals surface area contributed by atoms with E-state index in [1.54, 1.807) is 6.07 Å². The molecule has 1 aliphatic rings. The number of non-ortho nitro benzene ring substituents is 1. The van der Waals surface area contributed by atoms with Crippen molar-refractivity contribution in [3.8, 4) is 11.4 Å². The topological polar surface area (TPSA) is 108 Å². The second-order valence-electron chi connectivity index (χ2n) is 5.10. The Bertz CT molecular complexity index is 723. The summed E-state index contributed by atoms with van der Waals surface area (Å²) in [5, 5.41) is 14.8. The number of nitrogens with two attached hydrogens (primary N) is 1. The third-order valence-corrected chi connectivity index (χ3v) is 3.55. The van der Waals surface area contributed by atoms with Gasteiger partial charge in [-0.05, 0) is 18.9 Å². The highest BCUT2D eigenvalue weighted by Crippen LogP contribution is 2.30. The Morgan fingerprint density at radius 2 is 2.24 bits per heavy atom. The molecule has 3 rings (SSSR count). The highest BCUT2D eigenvalue weighted by molar-refractivity contribution is 5.63. The molecule has 2 aromatic rings. The first-order valence-electron chi connectivity index (χ1n) is 6.57. The molecule has 0 spiro atoms. The Morgan fingerprint density at radius 1 is 1.43 bits per heavy atom. The van der Waals surface area contributed by atoms with E-state index in [0.29, 0.717) is 17.3 Å². The maximum Gasteiger partial charge on any atom is 0.270 e. The molecule has 0 fully saturated rings. The molecular weight excluding hydrogens is 272 g/mol. The Labute approximate surface area is 120 Å². The van der Waals surface area contributed by atoms with E-state index < -0.39 is 4.92 Å². The Balaban J connectivity index is 1.94. The smallest absolute Gasteiger partial charge is 0.270 e. The Morgan fingerprint density at radius 3 is 2.90 bits per heavy atom. The zero-order valence-corrected chi connectivity index (χ0v) is 11.4. The summed E-state index contributed by atoms with van der Waals surface area (Å²) < 4.78 is 5.27. The van der Waals surface area contributed by atoms with Gasteiger partial charge in [0.15, 0.2) is 0 Å². The maximum atomic E-state index is 10.9. The quantitative estimate of drug-likeness (QED) is 0.527. The number of rotatable bonds is 3. The van der Waals surface area contributed by atoms with Crippen LogP contribution in [0.15, 0.2) is 34.9 Å². The summed E-state index contributed by atoms with van der Waals surface area (Å²) in [5.41, 5.74) is 7.27. The molecular formula is C14H14N4O3. The lowest BCUT2D eigenvalue weighted by atomic mass is 10.1. The number of hydrogen-bond acceptors (Lipinski definition) is 6. The molecule has 1 aromatic carbocycles. The molecule has 2 unspecified atom stereocenters. The molecule has 21 heavy (non-hydrogen) atoms. The largest absolute Gasteiger partial charge is 0.338 e. The van der Waals surface area contributed by atoms with Crippen molar-refractivity contribution in [3.63, 3.8) is 0 Å². The van der Waals surface area contributed by atoms with Gasteiger partial charge in [0.25, 0.3) is 5.69 Å². The average Bonchev–Trinajstić information content (AvgIpc) is 3.07. The normalized spacial score (nSPS) is 20.9. The number of nitro groups is 1. The summed E-state index contributed by atoms with van der Waals surface area (Å²) in [5.74, 6) is 0.862. The van der Waals surface area contributed by atoms with Crippen LogP contribution < -0.4 is 5.73 Å². The zero-order chi connectivity index (χ0) is 15.0. The van der Waals surface area contributed by atoms with Crippen LogP contribution in [0.1, 0.15) is 23.8 Å². The van der Waals surface area contributed by atoms with E-state index in [4.69, 9.17) is 10.3 Å². The van der Waals surface area contributed by atoms with Crippen molar-refractivity contribution in [2.45, 2.75) is 25.3 Å². The van der Waals surface area contributed by atoms with Crippen LogP contribution in [0.25, 0.3) is 11.4 Å². The van der Waals surface area contributed by atoms with Gasteiger partial charge in [0.05, 0.1) is 10.8 Å². The fourth-order valence-corrected chi connectivity index (χ4v) is 2.37. The molecule has 0 saturated carbocycles. The number of allylic oxidation sites excluding steroid dienone is 1. The summed E-state index contributed by atoms with van der Waals surface area (Å²) in [4.78, 5) is 14.8. The van der Waals surface area contributed by atoms with Gasteiger partial charge in [-0.1, -0.05) is 23.4 Å². The molecule has 0 amide bonds. The van der Waals surface area contributed by atoms with E-state index in [2.05, 4.69) is 10.1 Å². The third kappa shape index (κ3) is 2.55. The summed E-state index contributed by atoms with van der Waals surface area (Å²) >= 11 is 0. The van der Waals surface area contributed by atoms with Crippen molar-refractivity contribution < 1.29 is 9.45 Å². The molecule has 1 aromatic heterocycles. The van der Waals surface area contributed by atoms with E-state index in [9.17, 15) is 10.1 Å². The second kappa shape index (κ2) is 5.10. The zero-order valence-electron chi connectivity index (χ0n) is 11.4. The number of benzene rings is 1. The minimum absolute atomic E-state index is 0.00438. The van der Waals surface area contributed by atoms with Gasteiger partial charge < -0.3 is 10.3 Å². The van der Waals surface area contributed by atoms with Gasteiger partial charge >= 0.3 is 0 Å². The SMILES string of the molecule is Cc1ccc([N+](=O)[O-])cc1-c1noc(C2C=CC(N)C2)n1. The molecule has 1 aliphatic carbocycles. The van der Waals surface area contributed by atoms with E-state index >= 15 is 0 Å². The number of nitrogens with zero attached hydrogens (tertiary/aromatic N) is 3. The monoisotopic (exact) mass is 286 g/mol. The first-order valence-corrected chi connectivity index (χ1v) is 6.57. The van der Waals surface area contributed by atoms with Crippen LogP contribution in [0, 0.1) is 17.0 Å². The van der Waals surface area contributed by atoms with Crippen molar-refractivity contribution in [2.24, 2.45) is 5.73 Å². The number of aryl methyl sites for hydroxylation is 1. The second-order valence-corrected chi connectivity index (χ2v) is 5.10. The molecule has 0 bridgehead atoms. The lowest BCUT2D eigenvalue weighted by Crippen LogP contribution is -2.14. The van der Waals surface area contributed by atoms with Crippen LogP contribution in [0.3, 0.4) is 0 Å². The van der Waals surface area contributed by atoms with E-state index in [1.165, 1.54) is 12.1 Å². The standard InChI is InChI=1S/C14H14N4O3/c1-8-2-5-11(18(19)20)7-12(8)13-16-14(21-17-13)9-3-4-10(15)6-9/h2-5,7,9-10H,6,15H2,1H3. The fourth-order valence-electron chi connectivity index (χ4n) is 2.37. The highest BCUT2D eigenvalue weighted by atomic mass is 16.6. The lowest BCUT2D eigenvalue weighted by molar-refractivity contribution is -0.384. The molecule has 0 radical (unpaired) electrons. The maximum absolute atomic E-state index is 10.9. The molecule has 0 aliphatic heterocycles. The lowest BCUT2D eigenvalue weighted by Gasteiger charge is -2.02. The van der Waals surface area contributed by atoms with Gasteiger partial charge in [-0.3, -0.25) is 10.1 Å². The Kier molecular flexibility index (Phi) is 3.26. The van der Waals surface area contributed by atoms with Crippen LogP contribution in [-0.4, -0.2) is 21.1 Å². The first-order chi connectivity index (χ1) is 10.0. The Hall–Kier alpha value is -2.54. The van der Waals surface area contributed by atoms with Gasteiger partial charge in [0.2, 0.25) is 11.7 Å². The predicted molar refractivity (Wildman–Crippen MR) is 75.6 cm³/mol. The summed E-state index contributed by atoms with van der Waals surface area (Å²) in [6.07, 6.45) is 4.59. The summed E-state index contributed by atoms with van der Waals surface area (Å²) in [7, 11) is 0. The van der Waals surface area contributed by atoms with Crippen molar-refractivity contribution in [2.75, 3.05) is 0 Å².